The molecule has 0 aromatic heterocycles. The van der Waals surface area contributed by atoms with Gasteiger partial charge in [0.05, 0.1) is 11.0 Å². The monoisotopic (exact) mass is 176 g/mol. The number of alkyl halides is 1. The van der Waals surface area contributed by atoms with E-state index < -0.39 is 5.60 Å². The average molecular weight is 177 g/mol. The largest absolute Gasteiger partial charge is 0.388 e. The predicted molar refractivity (Wildman–Crippen MR) is 48.0 cm³/mol. The van der Waals surface area contributed by atoms with E-state index in [0.29, 0.717) is 0 Å². The summed E-state index contributed by atoms with van der Waals surface area (Å²) in [4.78, 5) is 0. The van der Waals surface area contributed by atoms with Crippen molar-refractivity contribution in [3.63, 3.8) is 0 Å². The summed E-state index contributed by atoms with van der Waals surface area (Å²) in [6.45, 7) is 2.03. The Hall–Kier alpha value is 0.250. The maximum absolute atomic E-state index is 10.0. The van der Waals surface area contributed by atoms with E-state index in [1.165, 1.54) is 6.42 Å². The van der Waals surface area contributed by atoms with Crippen LogP contribution in [0.4, 0.5) is 0 Å². The van der Waals surface area contributed by atoms with Crippen molar-refractivity contribution < 1.29 is 5.11 Å². The molecule has 66 valence electrons. The van der Waals surface area contributed by atoms with Crippen LogP contribution in [0.5, 0.6) is 0 Å². The second kappa shape index (κ2) is 3.77. The van der Waals surface area contributed by atoms with Gasteiger partial charge in [-0.1, -0.05) is 26.2 Å². The van der Waals surface area contributed by atoms with Crippen molar-refractivity contribution in [2.45, 2.75) is 56.4 Å². The Morgan fingerprint density at radius 2 is 1.91 bits per heavy atom. The number of hydrogen-bond donors (Lipinski definition) is 1. The van der Waals surface area contributed by atoms with Crippen LogP contribution in [0.2, 0.25) is 0 Å². The van der Waals surface area contributed by atoms with Crippen molar-refractivity contribution in [2.24, 2.45) is 0 Å². The van der Waals surface area contributed by atoms with Crippen molar-refractivity contribution in [1.29, 1.82) is 0 Å². The highest BCUT2D eigenvalue weighted by Crippen LogP contribution is 2.34. The molecule has 1 aliphatic rings. The van der Waals surface area contributed by atoms with Crippen LogP contribution in [-0.2, 0) is 0 Å². The summed E-state index contributed by atoms with van der Waals surface area (Å²) in [5, 5.41) is 9.97. The van der Waals surface area contributed by atoms with Gasteiger partial charge in [0.15, 0.2) is 0 Å². The third kappa shape index (κ3) is 2.09. The van der Waals surface area contributed by atoms with E-state index in [1.54, 1.807) is 0 Å². The minimum atomic E-state index is -0.547. The summed E-state index contributed by atoms with van der Waals surface area (Å²) < 4.78 is 0. The van der Waals surface area contributed by atoms with Gasteiger partial charge in [0.2, 0.25) is 0 Å². The molecular weight excluding hydrogens is 160 g/mol. The fourth-order valence-corrected chi connectivity index (χ4v) is 2.08. The topological polar surface area (TPSA) is 20.2 Å². The number of hydrogen-bond acceptors (Lipinski definition) is 1. The molecule has 1 saturated carbocycles. The normalized spacial score (nSPS) is 26.5. The summed E-state index contributed by atoms with van der Waals surface area (Å²) in [5.41, 5.74) is -0.547. The van der Waals surface area contributed by atoms with Gasteiger partial charge in [-0.2, -0.15) is 0 Å². The minimum Gasteiger partial charge on any atom is -0.388 e. The van der Waals surface area contributed by atoms with E-state index >= 15 is 0 Å². The highest BCUT2D eigenvalue weighted by Gasteiger charge is 2.35. The molecule has 0 aromatic rings. The van der Waals surface area contributed by atoms with Crippen LogP contribution in [0.15, 0.2) is 0 Å². The molecule has 1 unspecified atom stereocenters. The zero-order valence-corrected chi connectivity index (χ0v) is 7.90. The van der Waals surface area contributed by atoms with Crippen LogP contribution in [0.3, 0.4) is 0 Å². The van der Waals surface area contributed by atoms with Crippen molar-refractivity contribution in [2.75, 3.05) is 0 Å². The van der Waals surface area contributed by atoms with E-state index in [0.717, 1.165) is 32.1 Å². The van der Waals surface area contributed by atoms with E-state index in [-0.39, 0.29) is 5.38 Å². The second-order valence-electron chi connectivity index (χ2n) is 3.54. The first-order valence-electron chi connectivity index (χ1n) is 4.55. The molecule has 0 radical (unpaired) electrons. The molecule has 1 N–H and O–H groups in total. The molecule has 0 saturated heterocycles. The molecule has 0 bridgehead atoms. The molecule has 2 heteroatoms. The molecule has 0 aliphatic heterocycles. The molecule has 1 aliphatic carbocycles. The molecule has 0 spiro atoms. The summed E-state index contributed by atoms with van der Waals surface area (Å²) in [7, 11) is 0. The lowest BCUT2D eigenvalue weighted by atomic mass is 9.81. The fourth-order valence-electron chi connectivity index (χ4n) is 1.86. The van der Waals surface area contributed by atoms with Crippen molar-refractivity contribution >= 4 is 11.6 Å². The summed E-state index contributed by atoms with van der Waals surface area (Å²) >= 11 is 6.04. The van der Waals surface area contributed by atoms with Crippen LogP contribution in [0.25, 0.3) is 0 Å². The van der Waals surface area contributed by atoms with E-state index in [1.807, 2.05) is 6.92 Å². The fraction of sp³-hybridized carbons (Fsp3) is 1.00. The lowest BCUT2D eigenvalue weighted by Gasteiger charge is -2.35. The van der Waals surface area contributed by atoms with Gasteiger partial charge in [-0.15, -0.1) is 11.6 Å². The Morgan fingerprint density at radius 3 is 2.36 bits per heavy atom. The molecule has 1 nitrogen and oxygen atoms in total. The summed E-state index contributed by atoms with van der Waals surface area (Å²) in [6.07, 6.45) is 6.21. The van der Waals surface area contributed by atoms with Gasteiger partial charge in [0.25, 0.3) is 0 Å². The van der Waals surface area contributed by atoms with E-state index in [4.69, 9.17) is 11.6 Å². The van der Waals surface area contributed by atoms with Gasteiger partial charge in [-0.3, -0.25) is 0 Å². The maximum atomic E-state index is 10.0. The van der Waals surface area contributed by atoms with Crippen LogP contribution in [0, 0.1) is 0 Å². The third-order valence-electron chi connectivity index (χ3n) is 2.66. The Kier molecular flexibility index (Phi) is 3.20. The van der Waals surface area contributed by atoms with Crippen molar-refractivity contribution in [3.8, 4) is 0 Å². The zero-order valence-electron chi connectivity index (χ0n) is 7.15. The molecular formula is C9H17ClO. The first kappa shape index (κ1) is 9.34. The second-order valence-corrected chi connectivity index (χ2v) is 4.07. The molecule has 1 atom stereocenters. The number of halogens is 1. The third-order valence-corrected chi connectivity index (χ3v) is 3.38. The molecule has 0 heterocycles. The van der Waals surface area contributed by atoms with Crippen LogP contribution >= 0.6 is 11.6 Å². The number of aliphatic hydroxyl groups is 1. The standard InChI is InChI=1S/C9H17ClO/c1-2-8(10)9(11)6-4-3-5-7-9/h8,11H,2-7H2,1H3. The summed E-state index contributed by atoms with van der Waals surface area (Å²) in [6, 6.07) is 0. The quantitative estimate of drug-likeness (QED) is 0.642. The van der Waals surface area contributed by atoms with Gasteiger partial charge in [0.1, 0.15) is 0 Å². The van der Waals surface area contributed by atoms with E-state index in [9.17, 15) is 5.11 Å². The Bertz CT molecular complexity index is 119. The lowest BCUT2D eigenvalue weighted by molar-refractivity contribution is -0.000514. The Labute approximate surface area is 73.8 Å². The van der Waals surface area contributed by atoms with Gasteiger partial charge < -0.3 is 5.11 Å². The molecule has 11 heavy (non-hydrogen) atoms. The highest BCUT2D eigenvalue weighted by molar-refractivity contribution is 6.21. The van der Waals surface area contributed by atoms with Crippen molar-refractivity contribution in [3.05, 3.63) is 0 Å². The molecule has 1 rings (SSSR count). The first-order chi connectivity index (χ1) is 5.19. The van der Waals surface area contributed by atoms with Crippen LogP contribution in [0.1, 0.15) is 45.4 Å². The SMILES string of the molecule is CCC(Cl)C1(O)CCCCC1. The van der Waals surface area contributed by atoms with Crippen LogP contribution < -0.4 is 0 Å². The predicted octanol–water partition coefficient (Wildman–Crippen LogP) is 2.70. The minimum absolute atomic E-state index is 0.0391. The van der Waals surface area contributed by atoms with Crippen molar-refractivity contribution in [1.82, 2.24) is 0 Å². The highest BCUT2D eigenvalue weighted by atomic mass is 35.5. The van der Waals surface area contributed by atoms with Crippen LogP contribution in [-0.4, -0.2) is 16.1 Å². The zero-order chi connectivity index (χ0) is 8.32. The molecule has 1 fully saturated rings. The maximum Gasteiger partial charge on any atom is 0.0810 e. The molecule has 0 aromatic carbocycles. The molecule has 0 amide bonds. The van der Waals surface area contributed by atoms with Gasteiger partial charge >= 0.3 is 0 Å². The Balaban J connectivity index is 2.49. The lowest BCUT2D eigenvalue weighted by Crippen LogP contribution is -2.40. The Morgan fingerprint density at radius 1 is 1.36 bits per heavy atom. The summed E-state index contributed by atoms with van der Waals surface area (Å²) in [5.74, 6) is 0. The smallest absolute Gasteiger partial charge is 0.0810 e. The average Bonchev–Trinajstić information content (AvgIpc) is 2.04. The van der Waals surface area contributed by atoms with Gasteiger partial charge in [0, 0.05) is 0 Å². The number of rotatable bonds is 2. The van der Waals surface area contributed by atoms with Gasteiger partial charge in [-0.25, -0.2) is 0 Å². The van der Waals surface area contributed by atoms with Gasteiger partial charge in [-0.05, 0) is 19.3 Å². The van der Waals surface area contributed by atoms with E-state index in [2.05, 4.69) is 0 Å². The first-order valence-corrected chi connectivity index (χ1v) is 4.99.